The summed E-state index contributed by atoms with van der Waals surface area (Å²) < 4.78 is 0. The summed E-state index contributed by atoms with van der Waals surface area (Å²) in [5, 5.41) is 5.01. The van der Waals surface area contributed by atoms with Gasteiger partial charge < -0.3 is 15.1 Å². The Kier molecular flexibility index (Phi) is 5.85. The number of pyridine rings is 1. The number of nitrogens with zero attached hydrogens (tertiary/aromatic N) is 5. The number of rotatable bonds is 5. The molecule has 7 nitrogen and oxygen atoms in total. The van der Waals surface area contributed by atoms with Crippen LogP contribution in [-0.2, 0) is 0 Å². The molecule has 1 aliphatic heterocycles. The highest BCUT2D eigenvalue weighted by Crippen LogP contribution is 2.28. The second-order valence-corrected chi connectivity index (χ2v) is 8.17. The molecule has 2 aromatic carbocycles. The summed E-state index contributed by atoms with van der Waals surface area (Å²) in [7, 11) is 0. The summed E-state index contributed by atoms with van der Waals surface area (Å²) in [4.78, 5) is 31.1. The monoisotopic (exact) mass is 438 g/mol. The van der Waals surface area contributed by atoms with Crippen LogP contribution in [0.3, 0.4) is 0 Å². The zero-order valence-corrected chi connectivity index (χ0v) is 18.6. The van der Waals surface area contributed by atoms with Gasteiger partial charge in [-0.15, -0.1) is 0 Å². The Morgan fingerprint density at radius 2 is 1.45 bits per heavy atom. The number of hydrogen-bond acceptors (Lipinski definition) is 6. The molecule has 5 rings (SSSR count). The largest absolute Gasteiger partial charge is 0.353 e. The molecule has 1 amide bonds. The first-order valence-corrected chi connectivity index (χ1v) is 11.2. The summed E-state index contributed by atoms with van der Waals surface area (Å²) in [6.45, 7) is 5.25. The second kappa shape index (κ2) is 9.24. The van der Waals surface area contributed by atoms with E-state index in [9.17, 15) is 4.79 Å². The lowest BCUT2D eigenvalue weighted by Gasteiger charge is -2.35. The van der Waals surface area contributed by atoms with Gasteiger partial charge in [-0.05, 0) is 23.9 Å². The van der Waals surface area contributed by atoms with Crippen molar-refractivity contribution in [1.29, 1.82) is 0 Å². The molecule has 7 heteroatoms. The maximum absolute atomic E-state index is 13.1. The van der Waals surface area contributed by atoms with E-state index >= 15 is 0 Å². The van der Waals surface area contributed by atoms with Gasteiger partial charge in [0, 0.05) is 50.2 Å². The zero-order chi connectivity index (χ0) is 22.6. The molecule has 1 saturated heterocycles. The van der Waals surface area contributed by atoms with E-state index < -0.39 is 0 Å². The number of piperazine rings is 1. The van der Waals surface area contributed by atoms with Gasteiger partial charge in [0.05, 0.1) is 11.6 Å². The van der Waals surface area contributed by atoms with Crippen molar-refractivity contribution in [2.45, 2.75) is 13.0 Å². The predicted octanol–water partition coefficient (Wildman–Crippen LogP) is 3.84. The summed E-state index contributed by atoms with van der Waals surface area (Å²) >= 11 is 0. The third-order valence-electron chi connectivity index (χ3n) is 6.08. The van der Waals surface area contributed by atoms with Gasteiger partial charge >= 0.3 is 0 Å². The lowest BCUT2D eigenvalue weighted by molar-refractivity contribution is 0.0941. The quantitative estimate of drug-likeness (QED) is 0.510. The molecule has 0 radical (unpaired) electrons. The summed E-state index contributed by atoms with van der Waals surface area (Å²) in [5.41, 5.74) is 1.66. The third-order valence-corrected chi connectivity index (χ3v) is 6.08. The van der Waals surface area contributed by atoms with Gasteiger partial charge in [-0.2, -0.15) is 0 Å². The number of amides is 1. The van der Waals surface area contributed by atoms with Gasteiger partial charge in [0.25, 0.3) is 5.91 Å². The smallest absolute Gasteiger partial charge is 0.253 e. The Morgan fingerprint density at radius 3 is 2.18 bits per heavy atom. The molecule has 2 aromatic heterocycles. The molecular weight excluding hydrogens is 412 g/mol. The normalized spacial score (nSPS) is 14.8. The molecular formula is C26H26N6O. The lowest BCUT2D eigenvalue weighted by Crippen LogP contribution is -2.47. The van der Waals surface area contributed by atoms with Crippen LogP contribution in [0.4, 0.5) is 11.8 Å². The number of nitrogens with one attached hydrogen (secondary N) is 1. The topological polar surface area (TPSA) is 74.2 Å². The lowest BCUT2D eigenvalue weighted by atomic mass is 10.0. The Labute approximate surface area is 193 Å². The van der Waals surface area contributed by atoms with E-state index in [1.807, 2.05) is 67.6 Å². The maximum atomic E-state index is 13.1. The first-order chi connectivity index (χ1) is 16.2. The first kappa shape index (κ1) is 20.9. The summed E-state index contributed by atoms with van der Waals surface area (Å²) in [6.07, 6.45) is 5.25. The summed E-state index contributed by atoms with van der Waals surface area (Å²) in [6, 6.07) is 19.7. The van der Waals surface area contributed by atoms with Crippen LogP contribution in [0.1, 0.15) is 28.9 Å². The Bertz CT molecular complexity index is 1240. The summed E-state index contributed by atoms with van der Waals surface area (Å²) in [5.74, 6) is 1.55. The fraction of sp³-hybridized carbons (Fsp3) is 0.231. The van der Waals surface area contributed by atoms with Crippen molar-refractivity contribution >= 4 is 28.4 Å². The second-order valence-electron chi connectivity index (χ2n) is 8.17. The SMILES string of the molecule is CC(NC(=O)c1cnc(N2CCN(c3ncccn3)CC2)c2ccccc12)c1ccccc1. The number of anilines is 2. The van der Waals surface area contributed by atoms with Crippen molar-refractivity contribution in [3.8, 4) is 0 Å². The highest BCUT2D eigenvalue weighted by atomic mass is 16.1. The fourth-order valence-corrected chi connectivity index (χ4v) is 4.28. The molecule has 1 aliphatic rings. The molecule has 0 saturated carbocycles. The molecule has 166 valence electrons. The number of benzene rings is 2. The number of carbonyl (C=O) groups excluding carboxylic acids is 1. The Balaban J connectivity index is 1.37. The Morgan fingerprint density at radius 1 is 0.818 bits per heavy atom. The van der Waals surface area contributed by atoms with Crippen molar-refractivity contribution in [1.82, 2.24) is 20.3 Å². The first-order valence-electron chi connectivity index (χ1n) is 11.2. The minimum absolute atomic E-state index is 0.0922. The van der Waals surface area contributed by atoms with E-state index in [2.05, 4.69) is 25.1 Å². The molecule has 0 aliphatic carbocycles. The van der Waals surface area contributed by atoms with Gasteiger partial charge in [-0.3, -0.25) is 4.79 Å². The van der Waals surface area contributed by atoms with Crippen LogP contribution in [0.5, 0.6) is 0 Å². The van der Waals surface area contributed by atoms with Gasteiger partial charge in [0.1, 0.15) is 5.82 Å². The van der Waals surface area contributed by atoms with Crippen LogP contribution in [0.2, 0.25) is 0 Å². The van der Waals surface area contributed by atoms with Gasteiger partial charge in [-0.1, -0.05) is 54.6 Å². The molecule has 1 fully saturated rings. The van der Waals surface area contributed by atoms with Crippen LogP contribution in [0.15, 0.2) is 79.3 Å². The van der Waals surface area contributed by atoms with Crippen LogP contribution in [0, 0.1) is 0 Å². The van der Waals surface area contributed by atoms with Crippen LogP contribution < -0.4 is 15.1 Å². The molecule has 0 spiro atoms. The van der Waals surface area contributed by atoms with E-state index in [0.29, 0.717) is 5.56 Å². The maximum Gasteiger partial charge on any atom is 0.253 e. The van der Waals surface area contributed by atoms with Gasteiger partial charge in [0.15, 0.2) is 0 Å². The number of aromatic nitrogens is 3. The van der Waals surface area contributed by atoms with Crippen LogP contribution in [0.25, 0.3) is 10.8 Å². The standard InChI is InChI=1S/C26H26N6O/c1-19(20-8-3-2-4-9-20)30-25(33)23-18-29-24(22-11-6-5-10-21(22)23)31-14-16-32(17-15-31)26-27-12-7-13-28-26/h2-13,18-19H,14-17H2,1H3,(H,30,33). The average molecular weight is 439 g/mol. The number of hydrogen-bond donors (Lipinski definition) is 1. The minimum Gasteiger partial charge on any atom is -0.353 e. The predicted molar refractivity (Wildman–Crippen MR) is 131 cm³/mol. The minimum atomic E-state index is -0.118. The molecule has 0 bridgehead atoms. The van der Waals surface area contributed by atoms with Crippen LogP contribution >= 0.6 is 0 Å². The number of carbonyl (C=O) groups is 1. The van der Waals surface area contributed by atoms with E-state index in [-0.39, 0.29) is 11.9 Å². The van der Waals surface area contributed by atoms with Crippen LogP contribution in [-0.4, -0.2) is 47.0 Å². The number of fused-ring (bicyclic) bond motifs is 1. The van der Waals surface area contributed by atoms with Gasteiger partial charge in [-0.25, -0.2) is 15.0 Å². The highest BCUT2D eigenvalue weighted by Gasteiger charge is 2.23. The molecule has 3 heterocycles. The average Bonchev–Trinajstić information content (AvgIpc) is 2.89. The third kappa shape index (κ3) is 4.35. The van der Waals surface area contributed by atoms with E-state index in [1.165, 1.54) is 0 Å². The molecule has 33 heavy (non-hydrogen) atoms. The van der Waals surface area contributed by atoms with Crippen molar-refractivity contribution in [3.05, 3.63) is 90.4 Å². The molecule has 4 aromatic rings. The van der Waals surface area contributed by atoms with Crippen molar-refractivity contribution in [3.63, 3.8) is 0 Å². The fourth-order valence-electron chi connectivity index (χ4n) is 4.28. The van der Waals surface area contributed by atoms with Crippen molar-refractivity contribution in [2.75, 3.05) is 36.0 Å². The molecule has 1 N–H and O–H groups in total. The highest BCUT2D eigenvalue weighted by molar-refractivity contribution is 6.09. The van der Waals surface area contributed by atoms with Crippen molar-refractivity contribution < 1.29 is 4.79 Å². The van der Waals surface area contributed by atoms with Gasteiger partial charge in [0.2, 0.25) is 5.95 Å². The van der Waals surface area contributed by atoms with E-state index in [1.54, 1.807) is 18.6 Å². The zero-order valence-electron chi connectivity index (χ0n) is 18.6. The van der Waals surface area contributed by atoms with E-state index in [0.717, 1.165) is 54.3 Å². The molecule has 1 atom stereocenters. The molecule has 1 unspecified atom stereocenters. The van der Waals surface area contributed by atoms with Crippen molar-refractivity contribution in [2.24, 2.45) is 0 Å². The van der Waals surface area contributed by atoms with E-state index in [4.69, 9.17) is 4.98 Å². The Hall–Kier alpha value is -4.00.